The van der Waals surface area contributed by atoms with Crippen LogP contribution in [0.3, 0.4) is 0 Å². The second-order valence-corrected chi connectivity index (χ2v) is 2.84. The summed E-state index contributed by atoms with van der Waals surface area (Å²) in [6, 6.07) is 0. The van der Waals surface area contributed by atoms with Crippen molar-refractivity contribution in [3.63, 3.8) is 0 Å². The average Bonchev–Trinajstić information content (AvgIpc) is 2.30. The van der Waals surface area contributed by atoms with Crippen LogP contribution in [0.15, 0.2) is 24.9 Å². The smallest absolute Gasteiger partial charge is 0.411 e. The highest BCUT2D eigenvalue weighted by atomic mass is 16.6. The minimum atomic E-state index is -0.568. The number of unbranched alkanes of at least 4 members (excludes halogenated alkanes) is 1. The van der Waals surface area contributed by atoms with Gasteiger partial charge in [-0.05, 0) is 6.42 Å². The lowest BCUT2D eigenvalue weighted by Gasteiger charge is -2.03. The molecule has 0 aliphatic heterocycles. The van der Waals surface area contributed by atoms with Crippen LogP contribution >= 0.6 is 0 Å². The lowest BCUT2D eigenvalue weighted by molar-refractivity contribution is -0.138. The van der Waals surface area contributed by atoms with Gasteiger partial charge in [0.1, 0.15) is 13.2 Å². The maximum Gasteiger partial charge on any atom is 0.411 e. The topological polar surface area (TPSA) is 64.6 Å². The van der Waals surface area contributed by atoms with E-state index in [1.54, 1.807) is 0 Å². The summed E-state index contributed by atoms with van der Waals surface area (Å²) in [7, 11) is 0. The predicted molar refractivity (Wildman–Crippen MR) is 59.7 cm³/mol. The average molecular weight is 227 g/mol. The molecule has 1 amide bonds. The van der Waals surface area contributed by atoms with Crippen LogP contribution in [0.5, 0.6) is 0 Å². The molecule has 0 aromatic heterocycles. The van der Waals surface area contributed by atoms with Gasteiger partial charge in [-0.3, -0.25) is 5.32 Å². The molecule has 16 heavy (non-hydrogen) atoms. The van der Waals surface area contributed by atoms with E-state index in [2.05, 4.69) is 16.6 Å². The first-order chi connectivity index (χ1) is 7.70. The zero-order valence-electron chi connectivity index (χ0n) is 9.40. The first kappa shape index (κ1) is 14.2. The molecule has 90 valence electrons. The van der Waals surface area contributed by atoms with Gasteiger partial charge >= 0.3 is 12.1 Å². The molecule has 0 rings (SSSR count). The first-order valence-corrected chi connectivity index (χ1v) is 5.08. The van der Waals surface area contributed by atoms with Crippen LogP contribution in [0.2, 0.25) is 0 Å². The van der Waals surface area contributed by atoms with E-state index >= 15 is 0 Å². The molecule has 0 aliphatic rings. The Morgan fingerprint density at radius 1 is 1.31 bits per heavy atom. The van der Waals surface area contributed by atoms with Crippen molar-refractivity contribution in [1.82, 2.24) is 5.32 Å². The summed E-state index contributed by atoms with van der Waals surface area (Å²) < 4.78 is 9.31. The number of hydrogen-bond acceptors (Lipinski definition) is 4. The summed E-state index contributed by atoms with van der Waals surface area (Å²) >= 11 is 0. The highest BCUT2D eigenvalue weighted by molar-refractivity contribution is 5.81. The molecule has 0 unspecified atom stereocenters. The van der Waals surface area contributed by atoms with Crippen LogP contribution < -0.4 is 5.32 Å². The highest BCUT2D eigenvalue weighted by Gasteiger charge is 1.99. The summed E-state index contributed by atoms with van der Waals surface area (Å²) in [4.78, 5) is 21.6. The van der Waals surface area contributed by atoms with Gasteiger partial charge in [-0.15, -0.1) is 0 Å². The summed E-state index contributed by atoms with van der Waals surface area (Å²) in [5.74, 6) is -0.535. The van der Waals surface area contributed by atoms with E-state index in [9.17, 15) is 9.59 Å². The van der Waals surface area contributed by atoms with Crippen molar-refractivity contribution in [3.05, 3.63) is 24.9 Å². The third-order valence-electron chi connectivity index (χ3n) is 1.50. The predicted octanol–water partition coefficient (Wildman–Crippen LogP) is 1.76. The molecule has 5 heteroatoms. The molecule has 0 aromatic rings. The fraction of sp³-hybridized carbons (Fsp3) is 0.455. The van der Waals surface area contributed by atoms with Gasteiger partial charge in [0.15, 0.2) is 0 Å². The lowest BCUT2D eigenvalue weighted by Crippen LogP contribution is -2.21. The van der Waals surface area contributed by atoms with Crippen LogP contribution in [0.1, 0.15) is 19.8 Å². The first-order valence-electron chi connectivity index (χ1n) is 5.08. The lowest BCUT2D eigenvalue weighted by atomic mass is 10.3. The standard InChI is InChI=1S/C11H17NO4/c1-3-5-6-7-12-11(14)16-9-8-15-10(13)4-2/h4,6-7H,2-3,5,8-9H2,1H3,(H,12,14). The van der Waals surface area contributed by atoms with Crippen molar-refractivity contribution >= 4 is 12.1 Å². The van der Waals surface area contributed by atoms with Gasteiger partial charge in [0.05, 0.1) is 0 Å². The van der Waals surface area contributed by atoms with Gasteiger partial charge in [-0.2, -0.15) is 0 Å². The molecule has 0 heterocycles. The molecule has 5 nitrogen and oxygen atoms in total. The van der Waals surface area contributed by atoms with Crippen molar-refractivity contribution in [2.75, 3.05) is 13.2 Å². The van der Waals surface area contributed by atoms with Crippen LogP contribution in [0, 0.1) is 0 Å². The van der Waals surface area contributed by atoms with E-state index in [0.717, 1.165) is 18.9 Å². The second-order valence-electron chi connectivity index (χ2n) is 2.84. The number of ether oxygens (including phenoxy) is 2. The van der Waals surface area contributed by atoms with E-state index in [-0.39, 0.29) is 13.2 Å². The van der Waals surface area contributed by atoms with Gasteiger partial charge in [0, 0.05) is 12.3 Å². The van der Waals surface area contributed by atoms with Crippen molar-refractivity contribution < 1.29 is 19.1 Å². The maximum absolute atomic E-state index is 11.0. The number of amides is 1. The highest BCUT2D eigenvalue weighted by Crippen LogP contribution is 1.87. The Bertz CT molecular complexity index is 261. The molecular formula is C11H17NO4. The third kappa shape index (κ3) is 8.80. The summed E-state index contributed by atoms with van der Waals surface area (Å²) in [6.07, 6.45) is 5.76. The minimum Gasteiger partial charge on any atom is -0.459 e. The van der Waals surface area contributed by atoms with Crippen LogP contribution in [0.25, 0.3) is 0 Å². The van der Waals surface area contributed by atoms with Gasteiger partial charge < -0.3 is 9.47 Å². The van der Waals surface area contributed by atoms with E-state index in [1.807, 2.05) is 13.0 Å². The van der Waals surface area contributed by atoms with Crippen molar-refractivity contribution in [1.29, 1.82) is 0 Å². The van der Waals surface area contributed by atoms with Crippen molar-refractivity contribution in [3.8, 4) is 0 Å². The fourth-order valence-corrected chi connectivity index (χ4v) is 0.754. The van der Waals surface area contributed by atoms with Crippen LogP contribution in [-0.4, -0.2) is 25.3 Å². The van der Waals surface area contributed by atoms with E-state index < -0.39 is 12.1 Å². The third-order valence-corrected chi connectivity index (χ3v) is 1.50. The zero-order chi connectivity index (χ0) is 12.2. The molecule has 1 N–H and O–H groups in total. The van der Waals surface area contributed by atoms with E-state index in [1.165, 1.54) is 6.20 Å². The van der Waals surface area contributed by atoms with Crippen molar-refractivity contribution in [2.45, 2.75) is 19.8 Å². The van der Waals surface area contributed by atoms with E-state index in [4.69, 9.17) is 4.74 Å². The number of carbonyl (C=O) groups excluding carboxylic acids is 2. The Morgan fingerprint density at radius 3 is 2.62 bits per heavy atom. The van der Waals surface area contributed by atoms with Gasteiger partial charge in [0.2, 0.25) is 0 Å². The fourth-order valence-electron chi connectivity index (χ4n) is 0.754. The zero-order valence-corrected chi connectivity index (χ0v) is 9.40. The Morgan fingerprint density at radius 2 is 2.00 bits per heavy atom. The Hall–Kier alpha value is -1.78. The number of esters is 1. The molecule has 0 aromatic carbocycles. The molecule has 0 atom stereocenters. The van der Waals surface area contributed by atoms with Crippen LogP contribution in [0.4, 0.5) is 4.79 Å². The Balaban J connectivity index is 3.43. The Labute approximate surface area is 95.1 Å². The number of allylic oxidation sites excluding steroid dienone is 1. The number of hydrogen-bond donors (Lipinski definition) is 1. The maximum atomic E-state index is 11.0. The van der Waals surface area contributed by atoms with Gasteiger partial charge in [-0.25, -0.2) is 9.59 Å². The molecule has 0 spiro atoms. The molecule has 0 bridgehead atoms. The summed E-state index contributed by atoms with van der Waals surface area (Å²) in [5, 5.41) is 2.42. The summed E-state index contributed by atoms with van der Waals surface area (Å²) in [5.41, 5.74) is 0. The second kappa shape index (κ2) is 9.76. The number of rotatable bonds is 7. The van der Waals surface area contributed by atoms with Gasteiger partial charge in [0.25, 0.3) is 0 Å². The molecular weight excluding hydrogens is 210 g/mol. The summed E-state index contributed by atoms with van der Waals surface area (Å²) in [6.45, 7) is 5.31. The molecule has 0 fully saturated rings. The monoisotopic (exact) mass is 227 g/mol. The SMILES string of the molecule is C=CC(=O)OCCOC(=O)NC=CCCC. The van der Waals surface area contributed by atoms with Crippen LogP contribution in [-0.2, 0) is 14.3 Å². The van der Waals surface area contributed by atoms with Crippen molar-refractivity contribution in [2.24, 2.45) is 0 Å². The quantitative estimate of drug-likeness (QED) is 0.409. The Kier molecular flexibility index (Phi) is 8.68. The normalized spacial score (nSPS) is 9.81. The molecule has 0 radical (unpaired) electrons. The number of nitrogens with one attached hydrogen (secondary N) is 1. The van der Waals surface area contributed by atoms with Gasteiger partial charge in [-0.1, -0.05) is 26.0 Å². The molecule has 0 aliphatic carbocycles. The van der Waals surface area contributed by atoms with E-state index in [0.29, 0.717) is 0 Å². The largest absolute Gasteiger partial charge is 0.459 e. The number of alkyl carbamates (subject to hydrolysis) is 1. The number of carbonyl (C=O) groups is 2. The molecule has 0 saturated carbocycles. The molecule has 0 saturated heterocycles. The minimum absolute atomic E-state index is 0.0209.